The molecule has 2 aromatic rings. The minimum Gasteiger partial charge on any atom is -0.341 e. The van der Waals surface area contributed by atoms with Gasteiger partial charge in [0.25, 0.3) is 0 Å². The zero-order valence-corrected chi connectivity index (χ0v) is 7.92. The van der Waals surface area contributed by atoms with Gasteiger partial charge in [0.05, 0.1) is 18.4 Å². The van der Waals surface area contributed by atoms with Crippen molar-refractivity contribution < 1.29 is 4.79 Å². The topological polar surface area (TPSA) is 39.8 Å². The summed E-state index contributed by atoms with van der Waals surface area (Å²) in [7, 11) is 1.87. The van der Waals surface area contributed by atoms with Crippen LogP contribution in [0.5, 0.6) is 0 Å². The molecule has 0 N–H and O–H groups in total. The Labute approximate surface area is 81.8 Å². The molecule has 14 heavy (non-hydrogen) atoms. The highest BCUT2D eigenvalue weighted by molar-refractivity contribution is 5.72. The van der Waals surface area contributed by atoms with Gasteiger partial charge in [0.15, 0.2) is 6.29 Å². The molecule has 0 aliphatic carbocycles. The Balaban J connectivity index is 2.22. The number of hydrogen-bond donors (Lipinski definition) is 0. The van der Waals surface area contributed by atoms with Gasteiger partial charge in [-0.05, 0) is 12.1 Å². The molecule has 0 aromatic carbocycles. The summed E-state index contributed by atoms with van der Waals surface area (Å²) in [5, 5.41) is 4.07. The highest BCUT2D eigenvalue weighted by Gasteiger charge is 2.01. The number of aldehydes is 1. The molecule has 2 rings (SSSR count). The number of hydrogen-bond acceptors (Lipinski definition) is 2. The summed E-state index contributed by atoms with van der Waals surface area (Å²) in [4.78, 5) is 10.6. The first-order valence-electron chi connectivity index (χ1n) is 4.37. The molecule has 4 nitrogen and oxygen atoms in total. The van der Waals surface area contributed by atoms with Crippen molar-refractivity contribution in [1.29, 1.82) is 0 Å². The predicted molar refractivity (Wildman–Crippen MR) is 52.1 cm³/mol. The molecule has 0 aliphatic rings. The van der Waals surface area contributed by atoms with Crippen LogP contribution in [0.15, 0.2) is 30.7 Å². The third kappa shape index (κ3) is 1.59. The van der Waals surface area contributed by atoms with Crippen molar-refractivity contribution in [2.45, 2.75) is 6.54 Å². The Bertz CT molecular complexity index is 442. The molecular formula is C10H11N3O. The zero-order valence-electron chi connectivity index (χ0n) is 7.92. The van der Waals surface area contributed by atoms with E-state index in [0.717, 1.165) is 11.8 Å². The van der Waals surface area contributed by atoms with Gasteiger partial charge in [-0.1, -0.05) is 0 Å². The van der Waals surface area contributed by atoms with Gasteiger partial charge in [0.2, 0.25) is 0 Å². The standard InChI is InChI=1S/C10H11N3O/c1-12-6-9(5-11-12)7-13-4-2-3-10(13)8-14/h2-6,8H,7H2,1H3. The monoisotopic (exact) mass is 189 g/mol. The summed E-state index contributed by atoms with van der Waals surface area (Å²) in [6.07, 6.45) is 6.48. The number of nitrogens with zero attached hydrogens (tertiary/aromatic N) is 3. The number of carbonyl (C=O) groups is 1. The smallest absolute Gasteiger partial charge is 0.166 e. The van der Waals surface area contributed by atoms with Crippen molar-refractivity contribution in [3.05, 3.63) is 42.0 Å². The van der Waals surface area contributed by atoms with Gasteiger partial charge in [-0.25, -0.2) is 0 Å². The maximum absolute atomic E-state index is 10.6. The van der Waals surface area contributed by atoms with Crippen LogP contribution < -0.4 is 0 Å². The van der Waals surface area contributed by atoms with Crippen LogP contribution >= 0.6 is 0 Å². The fourth-order valence-corrected chi connectivity index (χ4v) is 1.43. The van der Waals surface area contributed by atoms with Crippen molar-refractivity contribution in [2.75, 3.05) is 0 Å². The Morgan fingerprint density at radius 3 is 3.07 bits per heavy atom. The third-order valence-electron chi connectivity index (χ3n) is 2.10. The van der Waals surface area contributed by atoms with E-state index in [-0.39, 0.29) is 0 Å². The third-order valence-corrected chi connectivity index (χ3v) is 2.10. The van der Waals surface area contributed by atoms with Crippen LogP contribution in [0.4, 0.5) is 0 Å². The van der Waals surface area contributed by atoms with Gasteiger partial charge in [-0.2, -0.15) is 5.10 Å². The molecule has 0 saturated heterocycles. The number of aryl methyl sites for hydroxylation is 1. The molecule has 0 atom stereocenters. The Morgan fingerprint density at radius 1 is 1.57 bits per heavy atom. The van der Waals surface area contributed by atoms with E-state index in [1.54, 1.807) is 16.9 Å². The minimum absolute atomic E-state index is 0.689. The van der Waals surface area contributed by atoms with Gasteiger partial charge >= 0.3 is 0 Å². The fourth-order valence-electron chi connectivity index (χ4n) is 1.43. The lowest BCUT2D eigenvalue weighted by atomic mass is 10.3. The summed E-state index contributed by atoms with van der Waals surface area (Å²) in [6.45, 7) is 0.689. The van der Waals surface area contributed by atoms with Crippen LogP contribution in [-0.2, 0) is 13.6 Å². The Kier molecular flexibility index (Phi) is 2.18. The van der Waals surface area contributed by atoms with Crippen LogP contribution in [0.1, 0.15) is 16.1 Å². The second-order valence-electron chi connectivity index (χ2n) is 3.20. The average Bonchev–Trinajstić information content (AvgIpc) is 2.76. The normalized spacial score (nSPS) is 10.4. The molecule has 0 fully saturated rings. The molecule has 0 saturated carbocycles. The molecule has 2 aromatic heterocycles. The average molecular weight is 189 g/mol. The molecule has 4 heteroatoms. The van der Waals surface area contributed by atoms with Crippen LogP contribution in [-0.4, -0.2) is 20.6 Å². The minimum atomic E-state index is 0.689. The van der Waals surface area contributed by atoms with E-state index in [2.05, 4.69) is 5.10 Å². The number of aromatic nitrogens is 3. The maximum Gasteiger partial charge on any atom is 0.166 e. The summed E-state index contributed by atoms with van der Waals surface area (Å²) in [6, 6.07) is 3.66. The van der Waals surface area contributed by atoms with E-state index in [4.69, 9.17) is 0 Å². The van der Waals surface area contributed by atoms with E-state index in [0.29, 0.717) is 12.2 Å². The molecular weight excluding hydrogens is 178 g/mol. The van der Waals surface area contributed by atoms with Gasteiger partial charge < -0.3 is 4.57 Å². The maximum atomic E-state index is 10.6. The largest absolute Gasteiger partial charge is 0.341 e. The van der Waals surface area contributed by atoms with Gasteiger partial charge in [-0.3, -0.25) is 9.48 Å². The Hall–Kier alpha value is -1.84. The molecule has 2 heterocycles. The second-order valence-corrected chi connectivity index (χ2v) is 3.20. The number of rotatable bonds is 3. The van der Waals surface area contributed by atoms with Gasteiger partial charge in [0.1, 0.15) is 0 Å². The molecule has 0 amide bonds. The summed E-state index contributed by atoms with van der Waals surface area (Å²) < 4.78 is 3.64. The first kappa shape index (κ1) is 8.74. The fraction of sp³-hybridized carbons (Fsp3) is 0.200. The van der Waals surface area contributed by atoms with Crippen molar-refractivity contribution in [3.8, 4) is 0 Å². The number of carbonyl (C=O) groups excluding carboxylic acids is 1. The van der Waals surface area contributed by atoms with Gasteiger partial charge in [-0.15, -0.1) is 0 Å². The van der Waals surface area contributed by atoms with E-state index >= 15 is 0 Å². The van der Waals surface area contributed by atoms with E-state index < -0.39 is 0 Å². The van der Waals surface area contributed by atoms with Crippen LogP contribution in [0.2, 0.25) is 0 Å². The van der Waals surface area contributed by atoms with Crippen molar-refractivity contribution >= 4 is 6.29 Å². The lowest BCUT2D eigenvalue weighted by molar-refractivity contribution is 0.111. The van der Waals surface area contributed by atoms with Crippen LogP contribution in [0.3, 0.4) is 0 Å². The van der Waals surface area contributed by atoms with Crippen molar-refractivity contribution in [1.82, 2.24) is 14.3 Å². The van der Waals surface area contributed by atoms with E-state index in [9.17, 15) is 4.79 Å². The quantitative estimate of drug-likeness (QED) is 0.678. The molecule has 72 valence electrons. The predicted octanol–water partition coefficient (Wildman–Crippen LogP) is 1.08. The first-order valence-corrected chi connectivity index (χ1v) is 4.37. The molecule has 0 aliphatic heterocycles. The van der Waals surface area contributed by atoms with E-state index in [1.807, 2.05) is 30.1 Å². The summed E-state index contributed by atoms with van der Waals surface area (Å²) in [5.74, 6) is 0. The second kappa shape index (κ2) is 3.49. The molecule has 0 bridgehead atoms. The first-order chi connectivity index (χ1) is 6.79. The van der Waals surface area contributed by atoms with Crippen LogP contribution in [0.25, 0.3) is 0 Å². The SMILES string of the molecule is Cn1cc(Cn2cccc2C=O)cn1. The highest BCUT2D eigenvalue weighted by Crippen LogP contribution is 2.04. The van der Waals surface area contributed by atoms with Crippen molar-refractivity contribution in [2.24, 2.45) is 7.05 Å². The van der Waals surface area contributed by atoms with Crippen LogP contribution in [0, 0.1) is 0 Å². The molecule has 0 radical (unpaired) electrons. The van der Waals surface area contributed by atoms with Gasteiger partial charge in [0, 0.05) is 25.0 Å². The lowest BCUT2D eigenvalue weighted by Crippen LogP contribution is -2.01. The zero-order chi connectivity index (χ0) is 9.97. The highest BCUT2D eigenvalue weighted by atomic mass is 16.1. The molecule has 0 spiro atoms. The summed E-state index contributed by atoms with van der Waals surface area (Å²) in [5.41, 5.74) is 1.78. The molecule has 0 unspecified atom stereocenters. The summed E-state index contributed by atoms with van der Waals surface area (Å²) >= 11 is 0. The Morgan fingerprint density at radius 2 is 2.43 bits per heavy atom. The lowest BCUT2D eigenvalue weighted by Gasteiger charge is -2.01. The van der Waals surface area contributed by atoms with E-state index in [1.165, 1.54) is 0 Å². The van der Waals surface area contributed by atoms with Crippen molar-refractivity contribution in [3.63, 3.8) is 0 Å².